The quantitative estimate of drug-likeness (QED) is 0.824. The molecule has 2 aromatic carbocycles. The number of benzene rings is 2. The Labute approximate surface area is 125 Å². The standard InChI is InChI=1S/C17H20ClNO/c1-3-13-8-10-14(11-9-13)20-17-7-5-6-16(18)15(17)12-19-4-2/h5-11,19H,3-4,12H2,1-2H3. The number of ether oxygens (including phenoxy) is 1. The Kier molecular flexibility index (Phi) is 5.45. The molecule has 20 heavy (non-hydrogen) atoms. The molecule has 0 heterocycles. The second-order valence-electron chi connectivity index (χ2n) is 4.60. The molecule has 0 aliphatic rings. The molecule has 2 nitrogen and oxygen atoms in total. The van der Waals surface area contributed by atoms with Gasteiger partial charge in [0, 0.05) is 17.1 Å². The van der Waals surface area contributed by atoms with Crippen molar-refractivity contribution in [2.75, 3.05) is 6.54 Å². The van der Waals surface area contributed by atoms with Crippen molar-refractivity contribution in [2.24, 2.45) is 0 Å². The lowest BCUT2D eigenvalue weighted by atomic mass is 10.1. The van der Waals surface area contributed by atoms with Gasteiger partial charge >= 0.3 is 0 Å². The predicted molar refractivity (Wildman–Crippen MR) is 84.7 cm³/mol. The number of aryl methyl sites for hydroxylation is 1. The van der Waals surface area contributed by atoms with Gasteiger partial charge < -0.3 is 10.1 Å². The lowest BCUT2D eigenvalue weighted by Crippen LogP contribution is -2.12. The number of nitrogens with one attached hydrogen (secondary N) is 1. The Hall–Kier alpha value is -1.51. The Balaban J connectivity index is 2.20. The molecule has 0 fully saturated rings. The Morgan fingerprint density at radius 1 is 1.05 bits per heavy atom. The van der Waals surface area contributed by atoms with Crippen molar-refractivity contribution in [1.82, 2.24) is 5.32 Å². The Bertz CT molecular complexity index is 551. The molecule has 0 aliphatic carbocycles. The van der Waals surface area contributed by atoms with Crippen LogP contribution in [0.25, 0.3) is 0 Å². The number of halogens is 1. The van der Waals surface area contributed by atoms with Crippen molar-refractivity contribution < 1.29 is 4.74 Å². The summed E-state index contributed by atoms with van der Waals surface area (Å²) in [6.07, 6.45) is 1.03. The first-order valence-corrected chi connectivity index (χ1v) is 7.37. The zero-order valence-corrected chi connectivity index (χ0v) is 12.7. The molecule has 0 amide bonds. The normalized spacial score (nSPS) is 10.6. The second kappa shape index (κ2) is 7.32. The molecule has 0 unspecified atom stereocenters. The molecule has 0 aliphatic heterocycles. The number of rotatable bonds is 6. The zero-order chi connectivity index (χ0) is 14.4. The molecule has 0 radical (unpaired) electrons. The molecule has 0 aromatic heterocycles. The molecule has 0 saturated carbocycles. The average molecular weight is 290 g/mol. The smallest absolute Gasteiger partial charge is 0.133 e. The van der Waals surface area contributed by atoms with Gasteiger partial charge in [0.15, 0.2) is 0 Å². The molecular formula is C17H20ClNO. The van der Waals surface area contributed by atoms with E-state index in [0.29, 0.717) is 6.54 Å². The van der Waals surface area contributed by atoms with Gasteiger partial charge in [-0.2, -0.15) is 0 Å². The van der Waals surface area contributed by atoms with Gasteiger partial charge in [0.25, 0.3) is 0 Å². The van der Waals surface area contributed by atoms with Crippen LogP contribution in [0.5, 0.6) is 11.5 Å². The molecule has 0 bridgehead atoms. The Morgan fingerprint density at radius 2 is 1.80 bits per heavy atom. The van der Waals surface area contributed by atoms with Gasteiger partial charge in [-0.3, -0.25) is 0 Å². The van der Waals surface area contributed by atoms with Gasteiger partial charge in [-0.05, 0) is 42.8 Å². The lowest BCUT2D eigenvalue weighted by Gasteiger charge is -2.13. The van der Waals surface area contributed by atoms with Gasteiger partial charge in [0.2, 0.25) is 0 Å². The summed E-state index contributed by atoms with van der Waals surface area (Å²) in [6, 6.07) is 13.9. The maximum absolute atomic E-state index is 6.26. The van der Waals surface area contributed by atoms with Gasteiger partial charge in [0.1, 0.15) is 11.5 Å². The van der Waals surface area contributed by atoms with Gasteiger partial charge in [-0.1, -0.05) is 43.6 Å². The second-order valence-corrected chi connectivity index (χ2v) is 5.00. The van der Waals surface area contributed by atoms with E-state index < -0.39 is 0 Å². The van der Waals surface area contributed by atoms with E-state index in [2.05, 4.69) is 31.3 Å². The summed E-state index contributed by atoms with van der Waals surface area (Å²) in [5.41, 5.74) is 2.30. The third-order valence-corrected chi connectivity index (χ3v) is 3.54. The fraction of sp³-hybridized carbons (Fsp3) is 0.294. The highest BCUT2D eigenvalue weighted by atomic mass is 35.5. The largest absolute Gasteiger partial charge is 0.457 e. The van der Waals surface area contributed by atoms with Crippen LogP contribution in [0.2, 0.25) is 5.02 Å². The van der Waals surface area contributed by atoms with Crippen LogP contribution >= 0.6 is 11.6 Å². The molecule has 2 aromatic rings. The van der Waals surface area contributed by atoms with E-state index in [-0.39, 0.29) is 0 Å². The topological polar surface area (TPSA) is 21.3 Å². The van der Waals surface area contributed by atoms with Crippen LogP contribution in [-0.4, -0.2) is 6.54 Å². The monoisotopic (exact) mass is 289 g/mol. The van der Waals surface area contributed by atoms with Crippen molar-refractivity contribution in [1.29, 1.82) is 0 Å². The van der Waals surface area contributed by atoms with Crippen LogP contribution in [0.4, 0.5) is 0 Å². The van der Waals surface area contributed by atoms with Gasteiger partial charge in [-0.25, -0.2) is 0 Å². The molecule has 3 heteroatoms. The molecule has 0 saturated heterocycles. The summed E-state index contributed by atoms with van der Waals surface area (Å²) >= 11 is 6.26. The van der Waals surface area contributed by atoms with Crippen molar-refractivity contribution >= 4 is 11.6 Å². The first kappa shape index (κ1) is 14.9. The summed E-state index contributed by atoms with van der Waals surface area (Å²) in [4.78, 5) is 0. The molecule has 0 spiro atoms. The molecular weight excluding hydrogens is 270 g/mol. The summed E-state index contributed by atoms with van der Waals surface area (Å²) in [5.74, 6) is 1.64. The van der Waals surface area contributed by atoms with Crippen LogP contribution in [0.15, 0.2) is 42.5 Å². The van der Waals surface area contributed by atoms with Crippen molar-refractivity contribution in [3.8, 4) is 11.5 Å². The fourth-order valence-electron chi connectivity index (χ4n) is 1.98. The fourth-order valence-corrected chi connectivity index (χ4v) is 2.21. The summed E-state index contributed by atoms with van der Waals surface area (Å²) < 4.78 is 5.96. The lowest BCUT2D eigenvalue weighted by molar-refractivity contribution is 0.473. The molecule has 2 rings (SSSR count). The maximum Gasteiger partial charge on any atom is 0.133 e. The van der Waals surface area contributed by atoms with E-state index >= 15 is 0 Å². The Morgan fingerprint density at radius 3 is 2.45 bits per heavy atom. The highest BCUT2D eigenvalue weighted by Gasteiger charge is 2.08. The minimum absolute atomic E-state index is 0.707. The molecule has 106 valence electrons. The summed E-state index contributed by atoms with van der Waals surface area (Å²) in [7, 11) is 0. The minimum atomic E-state index is 0.707. The highest BCUT2D eigenvalue weighted by molar-refractivity contribution is 6.31. The first-order valence-electron chi connectivity index (χ1n) is 6.99. The van der Waals surface area contributed by atoms with Crippen LogP contribution in [0, 0.1) is 0 Å². The van der Waals surface area contributed by atoms with Crippen LogP contribution < -0.4 is 10.1 Å². The molecule has 1 N–H and O–H groups in total. The van der Waals surface area contributed by atoms with E-state index in [0.717, 1.165) is 35.1 Å². The predicted octanol–water partition coefficient (Wildman–Crippen LogP) is 4.80. The van der Waals surface area contributed by atoms with E-state index in [4.69, 9.17) is 16.3 Å². The van der Waals surface area contributed by atoms with Crippen molar-refractivity contribution in [3.05, 3.63) is 58.6 Å². The first-order chi connectivity index (χ1) is 9.74. The van der Waals surface area contributed by atoms with E-state index in [1.165, 1.54) is 5.56 Å². The van der Waals surface area contributed by atoms with E-state index in [1.54, 1.807) is 0 Å². The van der Waals surface area contributed by atoms with E-state index in [9.17, 15) is 0 Å². The van der Waals surface area contributed by atoms with Gasteiger partial charge in [-0.15, -0.1) is 0 Å². The zero-order valence-electron chi connectivity index (χ0n) is 11.9. The highest BCUT2D eigenvalue weighted by Crippen LogP contribution is 2.30. The van der Waals surface area contributed by atoms with Gasteiger partial charge in [0.05, 0.1) is 0 Å². The SMILES string of the molecule is CCNCc1c(Cl)cccc1Oc1ccc(CC)cc1. The minimum Gasteiger partial charge on any atom is -0.457 e. The van der Waals surface area contributed by atoms with Crippen LogP contribution in [0.3, 0.4) is 0 Å². The van der Waals surface area contributed by atoms with E-state index in [1.807, 2.05) is 30.3 Å². The van der Waals surface area contributed by atoms with Crippen LogP contribution in [0.1, 0.15) is 25.0 Å². The third-order valence-electron chi connectivity index (χ3n) is 3.19. The summed E-state index contributed by atoms with van der Waals surface area (Å²) in [6.45, 7) is 5.82. The van der Waals surface area contributed by atoms with Crippen LogP contribution in [-0.2, 0) is 13.0 Å². The van der Waals surface area contributed by atoms with Crippen molar-refractivity contribution in [2.45, 2.75) is 26.8 Å². The number of hydrogen-bond donors (Lipinski definition) is 1. The summed E-state index contributed by atoms with van der Waals surface area (Å²) in [5, 5.41) is 4.02. The number of hydrogen-bond acceptors (Lipinski definition) is 2. The average Bonchev–Trinajstić information content (AvgIpc) is 2.47. The molecule has 0 atom stereocenters. The maximum atomic E-state index is 6.26. The van der Waals surface area contributed by atoms with Crippen molar-refractivity contribution in [3.63, 3.8) is 0 Å². The third kappa shape index (κ3) is 3.75.